The van der Waals surface area contributed by atoms with Crippen molar-refractivity contribution in [2.24, 2.45) is 5.92 Å². The lowest BCUT2D eigenvalue weighted by Gasteiger charge is -2.36. The topological polar surface area (TPSA) is 59.6 Å². The molecule has 0 aromatic heterocycles. The van der Waals surface area contributed by atoms with Gasteiger partial charge in [-0.1, -0.05) is 13.8 Å². The molecule has 118 valence electrons. The van der Waals surface area contributed by atoms with Crippen molar-refractivity contribution in [2.75, 3.05) is 26.2 Å². The predicted molar refractivity (Wildman–Crippen MR) is 79.7 cm³/mol. The van der Waals surface area contributed by atoms with Gasteiger partial charge in [-0.2, -0.15) is 0 Å². The normalized spacial score (nSPS) is 23.6. The van der Waals surface area contributed by atoms with Crippen LogP contribution >= 0.6 is 0 Å². The van der Waals surface area contributed by atoms with Crippen LogP contribution in [0.2, 0.25) is 0 Å². The van der Waals surface area contributed by atoms with Gasteiger partial charge in [0, 0.05) is 19.6 Å². The first kappa shape index (κ1) is 17.4. The molecule has 5 heteroatoms. The van der Waals surface area contributed by atoms with E-state index in [1.54, 1.807) is 6.92 Å². The lowest BCUT2D eigenvalue weighted by atomic mass is 10.1. The van der Waals surface area contributed by atoms with Crippen molar-refractivity contribution in [2.45, 2.75) is 58.8 Å². The van der Waals surface area contributed by atoms with E-state index in [9.17, 15) is 4.79 Å². The highest BCUT2D eigenvalue weighted by Crippen LogP contribution is 2.15. The van der Waals surface area contributed by atoms with Crippen molar-refractivity contribution in [1.82, 2.24) is 10.6 Å². The molecule has 20 heavy (non-hydrogen) atoms. The summed E-state index contributed by atoms with van der Waals surface area (Å²) in [5.41, 5.74) is -0.172. The Morgan fingerprint density at radius 1 is 1.45 bits per heavy atom. The van der Waals surface area contributed by atoms with E-state index in [2.05, 4.69) is 24.5 Å². The molecule has 1 aliphatic rings. The van der Waals surface area contributed by atoms with Crippen molar-refractivity contribution < 1.29 is 14.3 Å². The van der Waals surface area contributed by atoms with E-state index in [4.69, 9.17) is 9.47 Å². The van der Waals surface area contributed by atoms with Crippen LogP contribution in [-0.4, -0.2) is 50.0 Å². The summed E-state index contributed by atoms with van der Waals surface area (Å²) in [7, 11) is 0. The van der Waals surface area contributed by atoms with E-state index in [0.29, 0.717) is 19.1 Å². The van der Waals surface area contributed by atoms with Crippen molar-refractivity contribution in [3.8, 4) is 0 Å². The quantitative estimate of drug-likeness (QED) is 0.741. The van der Waals surface area contributed by atoms with Gasteiger partial charge in [0.1, 0.15) is 6.10 Å². The summed E-state index contributed by atoms with van der Waals surface area (Å²) < 4.78 is 11.5. The first-order valence-corrected chi connectivity index (χ1v) is 7.58. The molecule has 0 bridgehead atoms. The van der Waals surface area contributed by atoms with Gasteiger partial charge >= 0.3 is 0 Å². The fraction of sp³-hybridized carbons (Fsp3) is 0.933. The fourth-order valence-corrected chi connectivity index (χ4v) is 2.12. The average Bonchev–Trinajstić information content (AvgIpc) is 2.34. The van der Waals surface area contributed by atoms with Crippen molar-refractivity contribution in [3.05, 3.63) is 0 Å². The van der Waals surface area contributed by atoms with Gasteiger partial charge < -0.3 is 20.1 Å². The Bertz CT molecular complexity index is 305. The Hall–Kier alpha value is -0.650. The molecule has 0 aliphatic carbocycles. The summed E-state index contributed by atoms with van der Waals surface area (Å²) in [5.74, 6) is 0.546. The second-order valence-corrected chi connectivity index (χ2v) is 6.58. The summed E-state index contributed by atoms with van der Waals surface area (Å²) in [4.78, 5) is 11.8. The highest BCUT2D eigenvalue weighted by Gasteiger charge is 2.29. The maximum absolute atomic E-state index is 11.8. The van der Waals surface area contributed by atoms with Gasteiger partial charge in [-0.15, -0.1) is 0 Å². The third-order valence-corrected chi connectivity index (χ3v) is 3.33. The highest BCUT2D eigenvalue weighted by atomic mass is 16.6. The largest absolute Gasteiger partial charge is 0.367 e. The maximum atomic E-state index is 11.8. The summed E-state index contributed by atoms with van der Waals surface area (Å²) in [6, 6.07) is 0. The van der Waals surface area contributed by atoms with Gasteiger partial charge in [-0.25, -0.2) is 0 Å². The Balaban J connectivity index is 2.21. The summed E-state index contributed by atoms with van der Waals surface area (Å²) in [6.07, 6.45) is 0.558. The Morgan fingerprint density at radius 3 is 2.75 bits per heavy atom. The summed E-state index contributed by atoms with van der Waals surface area (Å²) in [5, 5.41) is 6.22. The molecule has 2 unspecified atom stereocenters. The first-order chi connectivity index (χ1) is 9.30. The number of carbonyl (C=O) groups excluding carboxylic acids is 1. The van der Waals surface area contributed by atoms with Crippen LogP contribution in [0.4, 0.5) is 0 Å². The molecule has 0 aromatic rings. The number of hydrogen-bond acceptors (Lipinski definition) is 4. The van der Waals surface area contributed by atoms with E-state index in [0.717, 1.165) is 19.5 Å². The molecule has 0 radical (unpaired) electrons. The number of amides is 1. The molecule has 1 aliphatic heterocycles. The van der Waals surface area contributed by atoms with Gasteiger partial charge in [0.2, 0.25) is 5.91 Å². The van der Waals surface area contributed by atoms with Crippen LogP contribution in [0.3, 0.4) is 0 Å². The van der Waals surface area contributed by atoms with Crippen LogP contribution in [-0.2, 0) is 14.3 Å². The molecule has 2 atom stereocenters. The minimum atomic E-state index is -0.434. The molecule has 0 aromatic carbocycles. The first-order valence-electron chi connectivity index (χ1n) is 7.58. The lowest BCUT2D eigenvalue weighted by Crippen LogP contribution is -2.52. The van der Waals surface area contributed by atoms with E-state index < -0.39 is 6.10 Å². The smallest absolute Gasteiger partial charge is 0.248 e. The molecular weight excluding hydrogens is 256 g/mol. The van der Waals surface area contributed by atoms with Gasteiger partial charge in [0.25, 0.3) is 0 Å². The number of morpholine rings is 1. The molecule has 0 spiro atoms. The molecule has 1 fully saturated rings. The minimum Gasteiger partial charge on any atom is -0.367 e. The zero-order valence-electron chi connectivity index (χ0n) is 13.5. The third kappa shape index (κ3) is 6.68. The Kier molecular flexibility index (Phi) is 6.92. The van der Waals surface area contributed by atoms with Crippen LogP contribution in [0.15, 0.2) is 0 Å². The van der Waals surface area contributed by atoms with Gasteiger partial charge in [-0.3, -0.25) is 4.79 Å². The molecule has 2 N–H and O–H groups in total. The van der Waals surface area contributed by atoms with Crippen LogP contribution in [0.1, 0.15) is 41.0 Å². The van der Waals surface area contributed by atoms with Crippen molar-refractivity contribution >= 4 is 5.91 Å². The predicted octanol–water partition coefficient (Wildman–Crippen LogP) is 1.32. The van der Waals surface area contributed by atoms with Gasteiger partial charge in [0.05, 0.1) is 18.3 Å². The molecular formula is C15H30N2O3. The van der Waals surface area contributed by atoms with Crippen LogP contribution in [0.25, 0.3) is 0 Å². The molecule has 0 saturated carbocycles. The SMILES string of the molecule is CC(C)CCNC(=O)C(C)OCC1CNCC(C)(C)O1. The molecule has 1 heterocycles. The van der Waals surface area contributed by atoms with Crippen LogP contribution in [0, 0.1) is 5.92 Å². The van der Waals surface area contributed by atoms with Gasteiger partial charge in [-0.05, 0) is 33.1 Å². The summed E-state index contributed by atoms with van der Waals surface area (Å²) >= 11 is 0. The molecule has 1 rings (SSSR count). The zero-order chi connectivity index (χ0) is 15.2. The number of rotatable bonds is 7. The standard InChI is InChI=1S/C15H30N2O3/c1-11(2)6-7-17-14(18)12(3)19-9-13-8-16-10-15(4,5)20-13/h11-13,16H,6-10H2,1-5H3,(H,17,18). The lowest BCUT2D eigenvalue weighted by molar-refractivity contribution is -0.145. The Labute approximate surface area is 122 Å². The highest BCUT2D eigenvalue weighted by molar-refractivity contribution is 5.80. The second kappa shape index (κ2) is 7.96. The number of ether oxygens (including phenoxy) is 2. The van der Waals surface area contributed by atoms with Gasteiger partial charge in [0.15, 0.2) is 0 Å². The van der Waals surface area contributed by atoms with Crippen LogP contribution in [0.5, 0.6) is 0 Å². The van der Waals surface area contributed by atoms with E-state index in [1.165, 1.54) is 0 Å². The zero-order valence-corrected chi connectivity index (χ0v) is 13.5. The van der Waals surface area contributed by atoms with Crippen LogP contribution < -0.4 is 10.6 Å². The maximum Gasteiger partial charge on any atom is 0.248 e. The third-order valence-electron chi connectivity index (χ3n) is 3.33. The average molecular weight is 286 g/mol. The number of carbonyl (C=O) groups is 1. The van der Waals surface area contributed by atoms with Crippen molar-refractivity contribution in [1.29, 1.82) is 0 Å². The van der Waals surface area contributed by atoms with Crippen molar-refractivity contribution in [3.63, 3.8) is 0 Å². The van der Waals surface area contributed by atoms with E-state index in [-0.39, 0.29) is 17.6 Å². The molecule has 1 amide bonds. The Morgan fingerprint density at radius 2 is 2.15 bits per heavy atom. The fourth-order valence-electron chi connectivity index (χ4n) is 2.12. The second-order valence-electron chi connectivity index (χ2n) is 6.58. The van der Waals surface area contributed by atoms with E-state index >= 15 is 0 Å². The number of hydrogen-bond donors (Lipinski definition) is 2. The minimum absolute atomic E-state index is 0.00432. The monoisotopic (exact) mass is 286 g/mol. The molecule has 1 saturated heterocycles. The molecule has 5 nitrogen and oxygen atoms in total. The summed E-state index contributed by atoms with van der Waals surface area (Å²) in [6.45, 7) is 12.9. The van der Waals surface area contributed by atoms with E-state index in [1.807, 2.05) is 13.8 Å². The number of nitrogens with one attached hydrogen (secondary N) is 2.